The molecule has 10 heteroatoms. The van der Waals surface area contributed by atoms with Crippen LogP contribution in [0.3, 0.4) is 0 Å². The third-order valence-corrected chi connectivity index (χ3v) is 6.22. The number of pyridine rings is 3. The summed E-state index contributed by atoms with van der Waals surface area (Å²) >= 11 is 6.11. The number of nitriles is 1. The quantitative estimate of drug-likeness (QED) is 0.374. The minimum absolute atomic E-state index is 0.206. The van der Waals surface area contributed by atoms with E-state index in [1.165, 1.54) is 0 Å². The van der Waals surface area contributed by atoms with Crippen LogP contribution in [0.4, 0.5) is 5.82 Å². The van der Waals surface area contributed by atoms with Gasteiger partial charge in [-0.25, -0.2) is 9.97 Å². The molecule has 0 unspecified atom stereocenters. The van der Waals surface area contributed by atoms with Crippen LogP contribution >= 0.6 is 11.6 Å². The molecular weight excluding hydrogens is 476 g/mol. The Morgan fingerprint density at radius 3 is 2.78 bits per heavy atom. The fraction of sp³-hybridized carbons (Fsp3) is 0.154. The number of carbonyl (C=O) groups excluding carboxylic acids is 1. The molecule has 0 aliphatic heterocycles. The van der Waals surface area contributed by atoms with Crippen LogP contribution in [0, 0.1) is 25.2 Å². The predicted octanol–water partition coefficient (Wildman–Crippen LogP) is 4.08. The van der Waals surface area contributed by atoms with Gasteiger partial charge in [0, 0.05) is 29.2 Å². The van der Waals surface area contributed by atoms with Crippen molar-refractivity contribution in [3.8, 4) is 6.07 Å². The predicted molar refractivity (Wildman–Crippen MR) is 137 cm³/mol. The van der Waals surface area contributed by atoms with Crippen molar-refractivity contribution in [1.82, 2.24) is 30.0 Å². The number of halogens is 1. The van der Waals surface area contributed by atoms with Crippen LogP contribution in [0.1, 0.15) is 38.6 Å². The van der Waals surface area contributed by atoms with E-state index in [2.05, 4.69) is 25.4 Å². The maximum Gasteiger partial charge on any atom is 0.272 e. The molecular formula is C26H21ClN8O. The van der Waals surface area contributed by atoms with Crippen molar-refractivity contribution in [3.05, 3.63) is 87.6 Å². The number of benzene rings is 1. The molecule has 5 aromatic rings. The van der Waals surface area contributed by atoms with Gasteiger partial charge in [0.25, 0.3) is 5.91 Å². The highest BCUT2D eigenvalue weighted by Crippen LogP contribution is 2.23. The van der Waals surface area contributed by atoms with E-state index in [1.54, 1.807) is 29.2 Å². The third kappa shape index (κ3) is 4.42. The summed E-state index contributed by atoms with van der Waals surface area (Å²) in [5.74, 6) is 0.0760. The zero-order chi connectivity index (χ0) is 25.4. The van der Waals surface area contributed by atoms with Gasteiger partial charge in [0.2, 0.25) is 0 Å². The molecule has 0 aliphatic rings. The molecule has 3 N–H and O–H groups in total. The van der Waals surface area contributed by atoms with E-state index in [0.29, 0.717) is 28.3 Å². The number of carbonyl (C=O) groups is 1. The van der Waals surface area contributed by atoms with Crippen molar-refractivity contribution in [3.63, 3.8) is 0 Å². The Bertz CT molecular complexity index is 1680. The minimum Gasteiger partial charge on any atom is -0.384 e. The molecule has 0 fully saturated rings. The van der Waals surface area contributed by atoms with E-state index in [1.807, 2.05) is 44.2 Å². The van der Waals surface area contributed by atoms with Crippen molar-refractivity contribution < 1.29 is 4.79 Å². The molecule has 5 rings (SSSR count). The van der Waals surface area contributed by atoms with Crippen LogP contribution < -0.4 is 11.1 Å². The first-order valence-corrected chi connectivity index (χ1v) is 11.5. The number of hydrogen-bond donors (Lipinski definition) is 2. The Hall–Kier alpha value is -4.55. The number of nitrogens with one attached hydrogen (secondary N) is 1. The summed E-state index contributed by atoms with van der Waals surface area (Å²) in [7, 11) is 0. The summed E-state index contributed by atoms with van der Waals surface area (Å²) in [5.41, 5.74) is 11.3. The van der Waals surface area contributed by atoms with Crippen molar-refractivity contribution in [2.24, 2.45) is 0 Å². The summed E-state index contributed by atoms with van der Waals surface area (Å²) in [6, 6.07) is 13.1. The van der Waals surface area contributed by atoms with Crippen LogP contribution in [-0.4, -0.2) is 30.6 Å². The fourth-order valence-electron chi connectivity index (χ4n) is 4.25. The third-order valence-electron chi connectivity index (χ3n) is 6.01. The molecule has 0 radical (unpaired) electrons. The maximum atomic E-state index is 13.2. The number of amides is 1. The highest BCUT2D eigenvalue weighted by Gasteiger charge is 2.19. The minimum atomic E-state index is -0.362. The monoisotopic (exact) mass is 496 g/mol. The van der Waals surface area contributed by atoms with Crippen LogP contribution in [0.5, 0.6) is 0 Å². The van der Waals surface area contributed by atoms with Crippen molar-refractivity contribution in [2.45, 2.75) is 26.9 Å². The largest absolute Gasteiger partial charge is 0.384 e. The van der Waals surface area contributed by atoms with Crippen LogP contribution in [-0.2, 0) is 13.1 Å². The highest BCUT2D eigenvalue weighted by atomic mass is 35.5. The zero-order valence-corrected chi connectivity index (χ0v) is 20.3. The van der Waals surface area contributed by atoms with Crippen molar-refractivity contribution in [1.29, 1.82) is 5.26 Å². The van der Waals surface area contributed by atoms with Gasteiger partial charge >= 0.3 is 0 Å². The van der Waals surface area contributed by atoms with Gasteiger partial charge in [0.05, 0.1) is 28.8 Å². The summed E-state index contributed by atoms with van der Waals surface area (Å²) in [6.45, 7) is 4.44. The molecule has 0 spiro atoms. The van der Waals surface area contributed by atoms with E-state index in [-0.39, 0.29) is 23.8 Å². The maximum absolute atomic E-state index is 13.2. The number of nitrogen functional groups attached to an aromatic ring is 1. The lowest BCUT2D eigenvalue weighted by molar-refractivity contribution is 0.0946. The standard InChI is InChI=1S/C26H21ClN8O/c1-14-5-24(29)33-15(2)21(14)11-32-26(36)25-20-8-19(9-28)30-12-23(20)35(34-25)13-16-3-4-22-17(6-16)7-18(27)10-31-22/h3-8,10,12H,11,13H2,1-2H3,(H2,29,33)(H,32,36). The highest BCUT2D eigenvalue weighted by molar-refractivity contribution is 6.31. The van der Waals surface area contributed by atoms with Crippen molar-refractivity contribution in [2.75, 3.05) is 5.73 Å². The lowest BCUT2D eigenvalue weighted by atomic mass is 10.1. The first-order chi connectivity index (χ1) is 17.3. The van der Waals surface area contributed by atoms with Gasteiger partial charge in [0.15, 0.2) is 5.69 Å². The molecule has 178 valence electrons. The molecule has 9 nitrogen and oxygen atoms in total. The molecule has 0 atom stereocenters. The summed E-state index contributed by atoms with van der Waals surface area (Å²) in [6.07, 6.45) is 3.17. The van der Waals surface area contributed by atoms with Gasteiger partial charge in [-0.1, -0.05) is 17.7 Å². The Morgan fingerprint density at radius 2 is 2.00 bits per heavy atom. The van der Waals surface area contributed by atoms with Crippen LogP contribution in [0.2, 0.25) is 5.02 Å². The SMILES string of the molecule is Cc1cc(N)nc(C)c1CNC(=O)c1nn(Cc2ccc3ncc(Cl)cc3c2)c2cnc(C#N)cc12. The Labute approximate surface area is 211 Å². The number of aromatic nitrogens is 5. The van der Waals surface area contributed by atoms with Gasteiger partial charge in [0.1, 0.15) is 17.6 Å². The van der Waals surface area contributed by atoms with Crippen LogP contribution in [0.15, 0.2) is 48.8 Å². The molecule has 4 aromatic heterocycles. The number of rotatable bonds is 5. The molecule has 1 aromatic carbocycles. The Balaban J connectivity index is 1.49. The van der Waals surface area contributed by atoms with E-state index >= 15 is 0 Å². The first kappa shape index (κ1) is 23.2. The Morgan fingerprint density at radius 1 is 1.17 bits per heavy atom. The lowest BCUT2D eigenvalue weighted by Crippen LogP contribution is -2.25. The Kier molecular flexibility index (Phi) is 5.96. The van der Waals surface area contributed by atoms with Gasteiger partial charge in [-0.15, -0.1) is 0 Å². The smallest absolute Gasteiger partial charge is 0.272 e. The molecule has 36 heavy (non-hydrogen) atoms. The summed E-state index contributed by atoms with van der Waals surface area (Å²) < 4.78 is 1.71. The number of nitrogens with zero attached hydrogens (tertiary/aromatic N) is 6. The summed E-state index contributed by atoms with van der Waals surface area (Å²) in [4.78, 5) is 26.0. The molecule has 4 heterocycles. The van der Waals surface area contributed by atoms with Gasteiger partial charge in [-0.2, -0.15) is 10.4 Å². The molecule has 0 bridgehead atoms. The number of hydrogen-bond acceptors (Lipinski definition) is 7. The normalized spacial score (nSPS) is 11.1. The van der Waals surface area contributed by atoms with Gasteiger partial charge in [-0.05, 0) is 60.9 Å². The van der Waals surface area contributed by atoms with E-state index in [4.69, 9.17) is 17.3 Å². The average Bonchev–Trinajstić information content (AvgIpc) is 3.20. The van der Waals surface area contributed by atoms with E-state index in [0.717, 1.165) is 33.3 Å². The lowest BCUT2D eigenvalue weighted by Gasteiger charge is -2.11. The van der Waals surface area contributed by atoms with Crippen molar-refractivity contribution >= 4 is 45.1 Å². The summed E-state index contributed by atoms with van der Waals surface area (Å²) in [5, 5.41) is 18.9. The zero-order valence-electron chi connectivity index (χ0n) is 19.6. The second-order valence-corrected chi connectivity index (χ2v) is 8.93. The molecule has 1 amide bonds. The number of fused-ring (bicyclic) bond motifs is 2. The number of nitrogens with two attached hydrogens (primary N) is 1. The molecule has 0 aliphatic carbocycles. The fourth-order valence-corrected chi connectivity index (χ4v) is 4.42. The average molecular weight is 497 g/mol. The first-order valence-electron chi connectivity index (χ1n) is 11.1. The van der Waals surface area contributed by atoms with Crippen LogP contribution in [0.25, 0.3) is 21.8 Å². The van der Waals surface area contributed by atoms with E-state index in [9.17, 15) is 10.1 Å². The topological polar surface area (TPSA) is 135 Å². The van der Waals surface area contributed by atoms with E-state index < -0.39 is 0 Å². The van der Waals surface area contributed by atoms with Gasteiger partial charge in [-0.3, -0.25) is 14.5 Å². The molecule has 0 saturated heterocycles. The second kappa shape index (κ2) is 9.24. The number of anilines is 1. The second-order valence-electron chi connectivity index (χ2n) is 8.50. The van der Waals surface area contributed by atoms with Gasteiger partial charge < -0.3 is 11.1 Å². The molecule has 0 saturated carbocycles. The number of aryl methyl sites for hydroxylation is 2.